The van der Waals surface area contributed by atoms with Gasteiger partial charge in [0.05, 0.1) is 5.60 Å². The van der Waals surface area contributed by atoms with Gasteiger partial charge >= 0.3 is 0 Å². The second-order valence-corrected chi connectivity index (χ2v) is 5.40. The summed E-state index contributed by atoms with van der Waals surface area (Å²) in [5.41, 5.74) is -0.293. The van der Waals surface area contributed by atoms with Gasteiger partial charge in [0.2, 0.25) is 0 Å². The van der Waals surface area contributed by atoms with Gasteiger partial charge in [0, 0.05) is 12.5 Å². The molecule has 2 atom stereocenters. The molecule has 1 N–H and O–H groups in total. The van der Waals surface area contributed by atoms with Gasteiger partial charge in [-0.25, -0.2) is 8.78 Å². The Labute approximate surface area is 99.5 Å². The van der Waals surface area contributed by atoms with E-state index < -0.39 is 17.2 Å². The van der Waals surface area contributed by atoms with Crippen molar-refractivity contribution in [3.63, 3.8) is 0 Å². The van der Waals surface area contributed by atoms with E-state index in [0.29, 0.717) is 23.8 Å². The Kier molecular flexibility index (Phi) is 2.47. The normalized spacial score (nSPS) is 35.5. The molecule has 0 aliphatic heterocycles. The van der Waals surface area contributed by atoms with Gasteiger partial charge < -0.3 is 5.11 Å². The van der Waals surface area contributed by atoms with Crippen molar-refractivity contribution in [3.05, 3.63) is 35.4 Å². The van der Waals surface area contributed by atoms with Crippen molar-refractivity contribution in [1.29, 1.82) is 0 Å². The number of fused-ring (bicyclic) bond motifs is 1. The Balaban J connectivity index is 1.79. The quantitative estimate of drug-likeness (QED) is 0.839. The lowest BCUT2D eigenvalue weighted by molar-refractivity contribution is 0.117. The number of benzene rings is 1. The summed E-state index contributed by atoms with van der Waals surface area (Å²) in [7, 11) is 0. The highest BCUT2D eigenvalue weighted by atomic mass is 19.1. The molecule has 3 rings (SSSR count). The van der Waals surface area contributed by atoms with Crippen LogP contribution in [0.15, 0.2) is 18.2 Å². The first kappa shape index (κ1) is 11.1. The molecular formula is C14H16F2O. The molecule has 1 nitrogen and oxygen atoms in total. The standard InChI is InChI=1S/C14H16F2O/c15-10-6-5-9(13(16)7-10)8-14(17)11-3-1-2-4-12(11)14/h5-7,11-12,17H,1-4,8H2. The smallest absolute Gasteiger partial charge is 0.129 e. The van der Waals surface area contributed by atoms with E-state index in [2.05, 4.69) is 0 Å². The molecule has 2 unspecified atom stereocenters. The van der Waals surface area contributed by atoms with Crippen LogP contribution in [0.5, 0.6) is 0 Å². The van der Waals surface area contributed by atoms with Crippen molar-refractivity contribution < 1.29 is 13.9 Å². The largest absolute Gasteiger partial charge is 0.389 e. The van der Waals surface area contributed by atoms with Crippen molar-refractivity contribution in [2.24, 2.45) is 11.8 Å². The van der Waals surface area contributed by atoms with Gasteiger partial charge in [-0.1, -0.05) is 18.9 Å². The third-order valence-electron chi connectivity index (χ3n) is 4.43. The van der Waals surface area contributed by atoms with Crippen LogP contribution in [-0.2, 0) is 6.42 Å². The van der Waals surface area contributed by atoms with Crippen LogP contribution in [-0.4, -0.2) is 10.7 Å². The van der Waals surface area contributed by atoms with Crippen LogP contribution in [0.4, 0.5) is 8.78 Å². The van der Waals surface area contributed by atoms with Gasteiger partial charge in [-0.3, -0.25) is 0 Å². The molecular weight excluding hydrogens is 222 g/mol. The first-order chi connectivity index (χ1) is 8.11. The van der Waals surface area contributed by atoms with Crippen LogP contribution in [0.3, 0.4) is 0 Å². The lowest BCUT2D eigenvalue weighted by atomic mass is 10.0. The average molecular weight is 238 g/mol. The van der Waals surface area contributed by atoms with Crippen LogP contribution < -0.4 is 0 Å². The zero-order valence-electron chi connectivity index (χ0n) is 9.63. The Morgan fingerprint density at radius 1 is 1.18 bits per heavy atom. The highest BCUT2D eigenvalue weighted by Gasteiger charge is 2.63. The summed E-state index contributed by atoms with van der Waals surface area (Å²) in [5, 5.41) is 10.5. The van der Waals surface area contributed by atoms with Crippen LogP contribution in [0.25, 0.3) is 0 Å². The maximum absolute atomic E-state index is 13.5. The fraction of sp³-hybridized carbons (Fsp3) is 0.571. The molecule has 92 valence electrons. The van der Waals surface area contributed by atoms with E-state index in [9.17, 15) is 13.9 Å². The van der Waals surface area contributed by atoms with Crippen LogP contribution >= 0.6 is 0 Å². The van der Waals surface area contributed by atoms with Crippen LogP contribution in [0, 0.1) is 23.5 Å². The molecule has 0 aromatic heterocycles. The van der Waals surface area contributed by atoms with Crippen molar-refractivity contribution in [2.45, 2.75) is 37.7 Å². The van der Waals surface area contributed by atoms with Gasteiger partial charge in [0.25, 0.3) is 0 Å². The molecule has 0 amide bonds. The topological polar surface area (TPSA) is 20.2 Å². The minimum atomic E-state index is -0.727. The number of hydrogen-bond donors (Lipinski definition) is 1. The Morgan fingerprint density at radius 3 is 2.41 bits per heavy atom. The predicted octanol–water partition coefficient (Wildman–Crippen LogP) is 3.06. The zero-order chi connectivity index (χ0) is 12.0. The third-order valence-corrected chi connectivity index (χ3v) is 4.43. The van der Waals surface area contributed by atoms with E-state index in [0.717, 1.165) is 31.7 Å². The summed E-state index contributed by atoms with van der Waals surface area (Å²) >= 11 is 0. The fourth-order valence-electron chi connectivity index (χ4n) is 3.45. The second kappa shape index (κ2) is 3.77. The molecule has 0 heterocycles. The summed E-state index contributed by atoms with van der Waals surface area (Å²) in [6.07, 6.45) is 4.74. The van der Waals surface area contributed by atoms with Crippen molar-refractivity contribution in [2.75, 3.05) is 0 Å². The summed E-state index contributed by atoms with van der Waals surface area (Å²) in [5.74, 6) is -0.435. The first-order valence-corrected chi connectivity index (χ1v) is 6.27. The summed E-state index contributed by atoms with van der Waals surface area (Å²) < 4.78 is 26.3. The highest BCUT2D eigenvalue weighted by Crippen LogP contribution is 2.60. The summed E-state index contributed by atoms with van der Waals surface area (Å²) in [4.78, 5) is 0. The van der Waals surface area contributed by atoms with E-state index in [4.69, 9.17) is 0 Å². The molecule has 2 saturated carbocycles. The molecule has 1 aromatic carbocycles. The maximum Gasteiger partial charge on any atom is 0.129 e. The molecule has 0 bridgehead atoms. The average Bonchev–Trinajstić information content (AvgIpc) is 2.90. The minimum absolute atomic E-state index is 0.328. The zero-order valence-corrected chi connectivity index (χ0v) is 9.63. The van der Waals surface area contributed by atoms with Crippen LogP contribution in [0.2, 0.25) is 0 Å². The van der Waals surface area contributed by atoms with Gasteiger partial charge in [-0.2, -0.15) is 0 Å². The minimum Gasteiger partial charge on any atom is -0.389 e. The van der Waals surface area contributed by atoms with E-state index in [1.807, 2.05) is 0 Å². The molecule has 0 radical (unpaired) electrons. The molecule has 0 spiro atoms. The van der Waals surface area contributed by atoms with Crippen molar-refractivity contribution in [1.82, 2.24) is 0 Å². The lowest BCUT2D eigenvalue weighted by Gasteiger charge is -2.11. The maximum atomic E-state index is 13.5. The van der Waals surface area contributed by atoms with Gasteiger partial charge in [0.1, 0.15) is 11.6 Å². The second-order valence-electron chi connectivity index (χ2n) is 5.40. The number of hydrogen-bond acceptors (Lipinski definition) is 1. The van der Waals surface area contributed by atoms with E-state index in [1.165, 1.54) is 12.1 Å². The van der Waals surface area contributed by atoms with Crippen molar-refractivity contribution in [3.8, 4) is 0 Å². The monoisotopic (exact) mass is 238 g/mol. The Bertz CT molecular complexity index is 432. The molecule has 17 heavy (non-hydrogen) atoms. The first-order valence-electron chi connectivity index (χ1n) is 6.27. The molecule has 2 fully saturated rings. The van der Waals surface area contributed by atoms with E-state index in [1.54, 1.807) is 0 Å². The highest BCUT2D eigenvalue weighted by molar-refractivity contribution is 5.26. The van der Waals surface area contributed by atoms with Gasteiger partial charge in [-0.15, -0.1) is 0 Å². The molecule has 3 heteroatoms. The van der Waals surface area contributed by atoms with Crippen molar-refractivity contribution >= 4 is 0 Å². The lowest BCUT2D eigenvalue weighted by Crippen LogP contribution is -2.17. The third kappa shape index (κ3) is 1.77. The van der Waals surface area contributed by atoms with E-state index >= 15 is 0 Å². The summed E-state index contributed by atoms with van der Waals surface area (Å²) in [6, 6.07) is 3.60. The van der Waals surface area contributed by atoms with Gasteiger partial charge in [0.15, 0.2) is 0 Å². The SMILES string of the molecule is OC1(Cc2ccc(F)cc2F)C2CCCCC21. The number of halogens is 2. The van der Waals surface area contributed by atoms with Crippen LogP contribution in [0.1, 0.15) is 31.2 Å². The molecule has 0 saturated heterocycles. The Hall–Kier alpha value is -0.960. The Morgan fingerprint density at radius 2 is 1.82 bits per heavy atom. The molecule has 1 aromatic rings. The predicted molar refractivity (Wildman–Crippen MR) is 60.5 cm³/mol. The number of aliphatic hydroxyl groups is 1. The summed E-state index contributed by atoms with van der Waals surface area (Å²) in [6.45, 7) is 0. The van der Waals surface area contributed by atoms with E-state index in [-0.39, 0.29) is 0 Å². The fourth-order valence-corrected chi connectivity index (χ4v) is 3.45. The molecule has 2 aliphatic carbocycles. The van der Waals surface area contributed by atoms with Gasteiger partial charge in [-0.05, 0) is 36.3 Å². The molecule has 2 aliphatic rings. The number of rotatable bonds is 2.